The number of benzene rings is 1. The molecule has 6 heteroatoms. The van der Waals surface area contributed by atoms with Crippen molar-refractivity contribution in [1.29, 1.82) is 0 Å². The second-order valence-corrected chi connectivity index (χ2v) is 4.25. The number of nitrogens with zero attached hydrogens (tertiary/aromatic N) is 2. The van der Waals surface area contributed by atoms with Crippen LogP contribution >= 0.6 is 0 Å². The van der Waals surface area contributed by atoms with E-state index < -0.39 is 17.7 Å². The standard InChI is InChI=1S/C13H15F2N3O/c1-18-13(11(19-2)7-17-18)10(16)6-8-4-3-5-9(14)12(8)15/h3-5,7,10H,6,16H2,1-2H3. The zero-order chi connectivity index (χ0) is 14.0. The van der Waals surface area contributed by atoms with E-state index in [1.54, 1.807) is 11.7 Å². The molecule has 2 aromatic rings. The van der Waals surface area contributed by atoms with Gasteiger partial charge in [0, 0.05) is 7.05 Å². The summed E-state index contributed by atoms with van der Waals surface area (Å²) in [7, 11) is 3.23. The van der Waals surface area contributed by atoms with Crippen LogP contribution in [-0.4, -0.2) is 16.9 Å². The highest BCUT2D eigenvalue weighted by molar-refractivity contribution is 5.30. The largest absolute Gasteiger partial charge is 0.493 e. The van der Waals surface area contributed by atoms with E-state index in [2.05, 4.69) is 5.10 Å². The Bertz CT molecular complexity index is 583. The third-order valence-electron chi connectivity index (χ3n) is 2.99. The van der Waals surface area contributed by atoms with Crippen molar-refractivity contribution in [3.63, 3.8) is 0 Å². The molecule has 0 saturated heterocycles. The van der Waals surface area contributed by atoms with E-state index >= 15 is 0 Å². The Kier molecular flexibility index (Phi) is 3.80. The van der Waals surface area contributed by atoms with Crippen LogP contribution in [0.2, 0.25) is 0 Å². The van der Waals surface area contributed by atoms with Gasteiger partial charge in [-0.05, 0) is 18.1 Å². The number of hydrogen-bond donors (Lipinski definition) is 1. The van der Waals surface area contributed by atoms with Gasteiger partial charge in [0.2, 0.25) is 0 Å². The van der Waals surface area contributed by atoms with Crippen LogP contribution in [0.3, 0.4) is 0 Å². The van der Waals surface area contributed by atoms with Crippen molar-refractivity contribution in [2.75, 3.05) is 7.11 Å². The molecule has 1 unspecified atom stereocenters. The zero-order valence-corrected chi connectivity index (χ0v) is 10.7. The van der Waals surface area contributed by atoms with Crippen LogP contribution < -0.4 is 10.5 Å². The topological polar surface area (TPSA) is 53.1 Å². The minimum atomic E-state index is -0.873. The van der Waals surface area contributed by atoms with Gasteiger partial charge in [0.25, 0.3) is 0 Å². The molecule has 1 aromatic carbocycles. The molecule has 1 heterocycles. The Morgan fingerprint density at radius 2 is 2.16 bits per heavy atom. The Morgan fingerprint density at radius 3 is 2.84 bits per heavy atom. The first kappa shape index (κ1) is 13.5. The lowest BCUT2D eigenvalue weighted by molar-refractivity contribution is 0.402. The summed E-state index contributed by atoms with van der Waals surface area (Å²) in [6.07, 6.45) is 1.70. The van der Waals surface area contributed by atoms with Crippen molar-refractivity contribution >= 4 is 0 Å². The van der Waals surface area contributed by atoms with Gasteiger partial charge in [0.1, 0.15) is 0 Å². The highest BCUT2D eigenvalue weighted by atomic mass is 19.2. The van der Waals surface area contributed by atoms with Crippen LogP contribution in [-0.2, 0) is 13.5 Å². The molecule has 102 valence electrons. The predicted octanol–water partition coefficient (Wildman–Crippen LogP) is 1.95. The lowest BCUT2D eigenvalue weighted by Gasteiger charge is -2.14. The van der Waals surface area contributed by atoms with E-state index in [9.17, 15) is 8.78 Å². The summed E-state index contributed by atoms with van der Waals surface area (Å²) < 4.78 is 33.5. The molecular weight excluding hydrogens is 252 g/mol. The molecule has 0 aliphatic rings. The molecule has 1 atom stereocenters. The van der Waals surface area contributed by atoms with Gasteiger partial charge < -0.3 is 10.5 Å². The van der Waals surface area contributed by atoms with Crippen molar-refractivity contribution in [1.82, 2.24) is 9.78 Å². The van der Waals surface area contributed by atoms with E-state index in [-0.39, 0.29) is 12.0 Å². The van der Waals surface area contributed by atoms with Gasteiger partial charge in [0.15, 0.2) is 17.4 Å². The number of nitrogens with two attached hydrogens (primary N) is 1. The summed E-state index contributed by atoms with van der Waals surface area (Å²) in [6.45, 7) is 0. The Balaban J connectivity index is 2.28. The van der Waals surface area contributed by atoms with Gasteiger partial charge in [-0.1, -0.05) is 12.1 Å². The van der Waals surface area contributed by atoms with Crippen LogP contribution in [0.25, 0.3) is 0 Å². The van der Waals surface area contributed by atoms with Gasteiger partial charge in [0.05, 0.1) is 25.0 Å². The van der Waals surface area contributed by atoms with Crippen molar-refractivity contribution in [2.45, 2.75) is 12.5 Å². The Hall–Kier alpha value is -1.95. The average molecular weight is 267 g/mol. The summed E-state index contributed by atoms with van der Waals surface area (Å²) in [4.78, 5) is 0. The normalized spacial score (nSPS) is 12.5. The number of aryl methyl sites for hydroxylation is 1. The minimum Gasteiger partial charge on any atom is -0.493 e. The molecular formula is C13H15F2N3O. The lowest BCUT2D eigenvalue weighted by Crippen LogP contribution is -2.18. The smallest absolute Gasteiger partial charge is 0.162 e. The van der Waals surface area contributed by atoms with Crippen molar-refractivity contribution in [3.8, 4) is 5.75 Å². The molecule has 0 radical (unpaired) electrons. The minimum absolute atomic E-state index is 0.166. The van der Waals surface area contributed by atoms with Gasteiger partial charge in [-0.3, -0.25) is 4.68 Å². The van der Waals surface area contributed by atoms with E-state index in [4.69, 9.17) is 10.5 Å². The molecule has 4 nitrogen and oxygen atoms in total. The van der Waals surface area contributed by atoms with Crippen LogP contribution in [0.15, 0.2) is 24.4 Å². The zero-order valence-electron chi connectivity index (χ0n) is 10.7. The monoisotopic (exact) mass is 267 g/mol. The van der Waals surface area contributed by atoms with Crippen LogP contribution in [0, 0.1) is 11.6 Å². The maximum Gasteiger partial charge on any atom is 0.162 e. The molecule has 0 bridgehead atoms. The summed E-state index contributed by atoms with van der Waals surface area (Å²) >= 11 is 0. The fraction of sp³-hybridized carbons (Fsp3) is 0.308. The molecule has 2 rings (SSSR count). The Morgan fingerprint density at radius 1 is 1.42 bits per heavy atom. The second kappa shape index (κ2) is 5.36. The molecule has 0 aliphatic carbocycles. The fourth-order valence-corrected chi connectivity index (χ4v) is 2.05. The molecule has 2 N–H and O–H groups in total. The third kappa shape index (κ3) is 2.58. The fourth-order valence-electron chi connectivity index (χ4n) is 2.05. The van der Waals surface area contributed by atoms with Crippen molar-refractivity contribution in [3.05, 3.63) is 47.3 Å². The molecule has 0 saturated carbocycles. The highest BCUT2D eigenvalue weighted by Gasteiger charge is 2.19. The number of halogens is 2. The first-order chi connectivity index (χ1) is 9.04. The van der Waals surface area contributed by atoms with Gasteiger partial charge >= 0.3 is 0 Å². The van der Waals surface area contributed by atoms with Crippen molar-refractivity contribution in [2.24, 2.45) is 12.8 Å². The van der Waals surface area contributed by atoms with Gasteiger partial charge in [-0.15, -0.1) is 0 Å². The molecule has 0 spiro atoms. The van der Waals surface area contributed by atoms with Crippen LogP contribution in [0.1, 0.15) is 17.3 Å². The first-order valence-corrected chi connectivity index (χ1v) is 5.79. The number of aromatic nitrogens is 2. The summed E-state index contributed by atoms with van der Waals surface area (Å²) in [6, 6.07) is 3.52. The summed E-state index contributed by atoms with van der Waals surface area (Å²) in [5, 5.41) is 4.03. The summed E-state index contributed by atoms with van der Waals surface area (Å²) in [5.74, 6) is -1.20. The van der Waals surface area contributed by atoms with E-state index in [0.29, 0.717) is 11.4 Å². The SMILES string of the molecule is COc1cnn(C)c1C(N)Cc1cccc(F)c1F. The number of rotatable bonds is 4. The van der Waals surface area contributed by atoms with Crippen LogP contribution in [0.4, 0.5) is 8.78 Å². The molecule has 19 heavy (non-hydrogen) atoms. The molecule has 0 aliphatic heterocycles. The quantitative estimate of drug-likeness (QED) is 0.921. The lowest BCUT2D eigenvalue weighted by atomic mass is 10.0. The van der Waals surface area contributed by atoms with Gasteiger partial charge in [-0.25, -0.2) is 8.78 Å². The molecule has 0 fully saturated rings. The number of methoxy groups -OCH3 is 1. The van der Waals surface area contributed by atoms with E-state index in [1.807, 2.05) is 0 Å². The third-order valence-corrected chi connectivity index (χ3v) is 2.99. The first-order valence-electron chi connectivity index (χ1n) is 5.79. The summed E-state index contributed by atoms with van der Waals surface area (Å²) in [5.41, 5.74) is 6.91. The predicted molar refractivity (Wildman–Crippen MR) is 66.8 cm³/mol. The van der Waals surface area contributed by atoms with Gasteiger partial charge in [-0.2, -0.15) is 5.10 Å². The Labute approximate surface area is 109 Å². The van der Waals surface area contributed by atoms with Crippen molar-refractivity contribution < 1.29 is 13.5 Å². The van der Waals surface area contributed by atoms with E-state index in [0.717, 1.165) is 6.07 Å². The number of hydrogen-bond acceptors (Lipinski definition) is 3. The van der Waals surface area contributed by atoms with Crippen LogP contribution in [0.5, 0.6) is 5.75 Å². The molecule has 1 aromatic heterocycles. The number of ether oxygens (including phenoxy) is 1. The maximum absolute atomic E-state index is 13.6. The van der Waals surface area contributed by atoms with E-state index in [1.165, 1.54) is 25.4 Å². The molecule has 0 amide bonds. The maximum atomic E-state index is 13.6. The average Bonchev–Trinajstić information content (AvgIpc) is 2.76. The second-order valence-electron chi connectivity index (χ2n) is 4.25. The highest BCUT2D eigenvalue weighted by Crippen LogP contribution is 2.26.